The number of halogens is 2. The smallest absolute Gasteiger partial charge is 0.246 e. The van der Waals surface area contributed by atoms with E-state index < -0.39 is 15.8 Å². The Kier molecular flexibility index (Phi) is 4.60. The van der Waals surface area contributed by atoms with Crippen LogP contribution in [0, 0.1) is 5.82 Å². The summed E-state index contributed by atoms with van der Waals surface area (Å²) in [4.78, 5) is -0.254. The van der Waals surface area contributed by atoms with Gasteiger partial charge in [0.1, 0.15) is 10.7 Å². The molecule has 0 radical (unpaired) electrons. The summed E-state index contributed by atoms with van der Waals surface area (Å²) in [6, 6.07) is 3.95. The van der Waals surface area contributed by atoms with Crippen LogP contribution in [-0.2, 0) is 10.0 Å². The minimum atomic E-state index is -3.77. The van der Waals surface area contributed by atoms with E-state index in [2.05, 4.69) is 21.2 Å². The molecule has 0 atom stereocenters. The fourth-order valence-corrected chi connectivity index (χ4v) is 4.10. The highest BCUT2D eigenvalue weighted by atomic mass is 79.9. The van der Waals surface area contributed by atoms with E-state index in [-0.39, 0.29) is 10.9 Å². The zero-order chi connectivity index (χ0) is 14.0. The van der Waals surface area contributed by atoms with Crippen LogP contribution in [0.2, 0.25) is 0 Å². The van der Waals surface area contributed by atoms with Gasteiger partial charge in [0.05, 0.1) is 6.04 Å². The van der Waals surface area contributed by atoms with Gasteiger partial charge in [-0.15, -0.1) is 0 Å². The van der Waals surface area contributed by atoms with Crippen molar-refractivity contribution in [3.05, 3.63) is 28.5 Å². The largest absolute Gasteiger partial charge is 0.313 e. The van der Waals surface area contributed by atoms with Gasteiger partial charge in [0.25, 0.3) is 0 Å². The van der Waals surface area contributed by atoms with Gasteiger partial charge in [-0.3, -0.25) is 0 Å². The maximum absolute atomic E-state index is 13.9. The molecule has 4 nitrogen and oxygen atoms in total. The second-order valence-electron chi connectivity index (χ2n) is 4.50. The van der Waals surface area contributed by atoms with Gasteiger partial charge in [0.2, 0.25) is 10.0 Å². The molecule has 1 aromatic carbocycles. The van der Waals surface area contributed by atoms with E-state index in [4.69, 9.17) is 0 Å². The first-order valence-electron chi connectivity index (χ1n) is 6.14. The summed E-state index contributed by atoms with van der Waals surface area (Å²) < 4.78 is 40.9. The summed E-state index contributed by atoms with van der Waals surface area (Å²) in [7, 11) is -3.77. The van der Waals surface area contributed by atoms with Crippen molar-refractivity contribution in [2.45, 2.75) is 24.3 Å². The van der Waals surface area contributed by atoms with E-state index in [1.807, 2.05) is 6.92 Å². The Bertz CT molecular complexity index is 561. The fourth-order valence-electron chi connectivity index (χ4n) is 2.01. The second kappa shape index (κ2) is 5.87. The lowest BCUT2D eigenvalue weighted by Gasteiger charge is -2.37. The molecule has 0 bridgehead atoms. The SMILES string of the molecule is CCCN(C1CNC1)S(=O)(=O)c1ccc(Br)cc1F. The zero-order valence-electron chi connectivity index (χ0n) is 10.6. The predicted molar refractivity (Wildman–Crippen MR) is 74.9 cm³/mol. The molecule has 1 N–H and O–H groups in total. The molecule has 1 aromatic rings. The Hall–Kier alpha value is -0.500. The number of rotatable bonds is 5. The first-order valence-corrected chi connectivity index (χ1v) is 8.37. The van der Waals surface area contributed by atoms with Crippen LogP contribution in [0.15, 0.2) is 27.6 Å². The van der Waals surface area contributed by atoms with Crippen molar-refractivity contribution in [1.29, 1.82) is 0 Å². The third kappa shape index (κ3) is 2.99. The molecule has 1 aliphatic heterocycles. The van der Waals surface area contributed by atoms with E-state index in [0.717, 1.165) is 0 Å². The highest BCUT2D eigenvalue weighted by Gasteiger charge is 2.35. The normalized spacial score (nSPS) is 16.6. The van der Waals surface area contributed by atoms with Crippen LogP contribution in [-0.4, -0.2) is 38.4 Å². The van der Waals surface area contributed by atoms with Crippen molar-refractivity contribution in [2.24, 2.45) is 0 Å². The van der Waals surface area contributed by atoms with Gasteiger partial charge < -0.3 is 5.32 Å². The van der Waals surface area contributed by atoms with Gasteiger partial charge in [-0.25, -0.2) is 12.8 Å². The van der Waals surface area contributed by atoms with E-state index in [0.29, 0.717) is 30.5 Å². The molecule has 1 aliphatic rings. The molecule has 7 heteroatoms. The number of nitrogens with one attached hydrogen (secondary N) is 1. The van der Waals surface area contributed by atoms with Gasteiger partial charge in [-0.05, 0) is 24.6 Å². The van der Waals surface area contributed by atoms with Crippen molar-refractivity contribution >= 4 is 26.0 Å². The molecular weight excluding hydrogens is 335 g/mol. The molecular formula is C12H16BrFN2O2S. The van der Waals surface area contributed by atoms with Crippen LogP contribution in [0.4, 0.5) is 4.39 Å². The maximum atomic E-state index is 13.9. The highest BCUT2D eigenvalue weighted by Crippen LogP contribution is 2.25. The predicted octanol–water partition coefficient (Wildman–Crippen LogP) is 1.96. The standard InChI is InChI=1S/C12H16BrFN2O2S/c1-2-5-16(10-7-15-8-10)19(17,18)12-4-3-9(13)6-11(12)14/h3-4,6,10,15H,2,5,7-8H2,1H3. The fraction of sp³-hybridized carbons (Fsp3) is 0.500. The van der Waals surface area contributed by atoms with Crippen LogP contribution in [0.1, 0.15) is 13.3 Å². The van der Waals surface area contributed by atoms with Crippen LogP contribution >= 0.6 is 15.9 Å². The topological polar surface area (TPSA) is 49.4 Å². The molecule has 2 rings (SSSR count). The van der Waals surface area contributed by atoms with Crippen LogP contribution in [0.5, 0.6) is 0 Å². The molecule has 0 aliphatic carbocycles. The number of hydrogen-bond donors (Lipinski definition) is 1. The van der Waals surface area contributed by atoms with E-state index in [9.17, 15) is 12.8 Å². The Morgan fingerprint density at radius 1 is 1.47 bits per heavy atom. The van der Waals surface area contributed by atoms with Crippen molar-refractivity contribution in [1.82, 2.24) is 9.62 Å². The molecule has 0 amide bonds. The average molecular weight is 351 g/mol. The minimum Gasteiger partial charge on any atom is -0.313 e. The molecule has 1 fully saturated rings. The second-order valence-corrected chi connectivity index (χ2v) is 7.28. The molecule has 0 saturated carbocycles. The highest BCUT2D eigenvalue weighted by molar-refractivity contribution is 9.10. The summed E-state index contributed by atoms with van der Waals surface area (Å²) in [6.07, 6.45) is 0.702. The monoisotopic (exact) mass is 350 g/mol. The molecule has 19 heavy (non-hydrogen) atoms. The average Bonchev–Trinajstić information content (AvgIpc) is 2.25. The molecule has 0 aromatic heterocycles. The summed E-state index contributed by atoms with van der Waals surface area (Å²) in [6.45, 7) is 3.56. The zero-order valence-corrected chi connectivity index (χ0v) is 13.0. The summed E-state index contributed by atoms with van der Waals surface area (Å²) in [5.74, 6) is -0.720. The van der Waals surface area contributed by atoms with Gasteiger partial charge in [0, 0.05) is 24.1 Å². The van der Waals surface area contributed by atoms with Crippen molar-refractivity contribution < 1.29 is 12.8 Å². The van der Waals surface area contributed by atoms with Gasteiger partial charge in [0.15, 0.2) is 0 Å². The Morgan fingerprint density at radius 2 is 2.16 bits per heavy atom. The Labute approximate surface area is 121 Å². The van der Waals surface area contributed by atoms with Crippen molar-refractivity contribution in [2.75, 3.05) is 19.6 Å². The van der Waals surface area contributed by atoms with Crippen molar-refractivity contribution in [3.8, 4) is 0 Å². The third-order valence-electron chi connectivity index (χ3n) is 3.09. The number of hydrogen-bond acceptors (Lipinski definition) is 3. The number of nitrogens with zero attached hydrogens (tertiary/aromatic N) is 1. The van der Waals surface area contributed by atoms with Gasteiger partial charge in [-0.2, -0.15) is 4.31 Å². The van der Waals surface area contributed by atoms with Crippen LogP contribution < -0.4 is 5.32 Å². The Balaban J connectivity index is 2.38. The van der Waals surface area contributed by atoms with Gasteiger partial charge in [-0.1, -0.05) is 22.9 Å². The Morgan fingerprint density at radius 3 is 2.63 bits per heavy atom. The number of sulfonamides is 1. The summed E-state index contributed by atoms with van der Waals surface area (Å²) >= 11 is 3.13. The maximum Gasteiger partial charge on any atom is 0.246 e. The van der Waals surface area contributed by atoms with Crippen LogP contribution in [0.25, 0.3) is 0 Å². The number of benzene rings is 1. The quantitative estimate of drug-likeness (QED) is 0.882. The first-order chi connectivity index (χ1) is 8.96. The summed E-state index contributed by atoms with van der Waals surface area (Å²) in [5, 5.41) is 3.04. The van der Waals surface area contributed by atoms with E-state index in [1.165, 1.54) is 16.4 Å². The molecule has 1 heterocycles. The lowest BCUT2D eigenvalue weighted by atomic mass is 10.2. The third-order valence-corrected chi connectivity index (χ3v) is 5.57. The van der Waals surface area contributed by atoms with E-state index in [1.54, 1.807) is 6.07 Å². The lowest BCUT2D eigenvalue weighted by molar-refractivity contribution is 0.241. The minimum absolute atomic E-state index is 0.0759. The van der Waals surface area contributed by atoms with Gasteiger partial charge >= 0.3 is 0 Å². The van der Waals surface area contributed by atoms with Crippen molar-refractivity contribution in [3.63, 3.8) is 0 Å². The molecule has 1 saturated heterocycles. The van der Waals surface area contributed by atoms with E-state index >= 15 is 0 Å². The first kappa shape index (κ1) is 14.9. The molecule has 0 unspecified atom stereocenters. The molecule has 106 valence electrons. The molecule has 0 spiro atoms. The summed E-state index contributed by atoms with van der Waals surface area (Å²) in [5.41, 5.74) is 0. The lowest BCUT2D eigenvalue weighted by Crippen LogP contribution is -2.58. The van der Waals surface area contributed by atoms with Crippen LogP contribution in [0.3, 0.4) is 0 Å².